The average molecular weight is 156 g/mol. The molecule has 0 spiro atoms. The van der Waals surface area contributed by atoms with E-state index in [2.05, 4.69) is 6.07 Å². The van der Waals surface area contributed by atoms with Crippen molar-refractivity contribution in [3.05, 3.63) is 12.2 Å². The van der Waals surface area contributed by atoms with Crippen LogP contribution in [-0.2, 0) is 4.74 Å². The molecule has 2 bridgehead atoms. The van der Waals surface area contributed by atoms with Gasteiger partial charge in [-0.1, -0.05) is 23.8 Å². The van der Waals surface area contributed by atoms with Gasteiger partial charge in [0.15, 0.2) is 4.87 Å². The Morgan fingerprint density at radius 1 is 1.70 bits per heavy atom. The highest BCUT2D eigenvalue weighted by Crippen LogP contribution is 2.41. The summed E-state index contributed by atoms with van der Waals surface area (Å²) in [6.07, 6.45) is 4.37. The van der Waals surface area contributed by atoms with Crippen LogP contribution in [0, 0.1) is 11.3 Å². The fraction of sp³-hybridized carbons (Fsp3) is 0.571. The Bertz CT molecular complexity index is 232. The predicted molar refractivity (Wildman–Crippen MR) is 36.6 cm³/mol. The third-order valence-electron chi connectivity index (χ3n) is 1.96. The lowest BCUT2D eigenvalue weighted by molar-refractivity contribution is 0.117. The molecule has 10 heavy (non-hydrogen) atoms. The maximum Gasteiger partial charge on any atom is 0.163 e. The van der Waals surface area contributed by atoms with Crippen molar-refractivity contribution in [1.82, 2.24) is 0 Å². The molecule has 2 nitrogen and oxygen atoms in total. The van der Waals surface area contributed by atoms with Crippen LogP contribution in [-0.4, -0.2) is 17.1 Å². The molecule has 2 aliphatic rings. The molecule has 0 aromatic rings. The molecule has 1 saturated heterocycles. The topological polar surface area (TPSA) is 33.0 Å². The third kappa shape index (κ3) is 0.622. The SMILES string of the molecule is N#CC1(Cl)C[C@@H]2C=C[C@H]1O2. The molecule has 3 atom stereocenters. The Balaban J connectivity index is 2.33. The van der Waals surface area contributed by atoms with E-state index in [1.165, 1.54) is 0 Å². The molecule has 1 unspecified atom stereocenters. The zero-order valence-corrected chi connectivity index (χ0v) is 6.01. The van der Waals surface area contributed by atoms with E-state index in [-0.39, 0.29) is 12.2 Å². The summed E-state index contributed by atoms with van der Waals surface area (Å²) in [4.78, 5) is -0.778. The van der Waals surface area contributed by atoms with E-state index in [0.29, 0.717) is 6.42 Å². The van der Waals surface area contributed by atoms with Crippen molar-refractivity contribution in [2.45, 2.75) is 23.5 Å². The summed E-state index contributed by atoms with van der Waals surface area (Å²) in [5.74, 6) is 0. The zero-order valence-electron chi connectivity index (χ0n) is 5.25. The number of alkyl halides is 1. The van der Waals surface area contributed by atoms with E-state index in [1.54, 1.807) is 0 Å². The fourth-order valence-corrected chi connectivity index (χ4v) is 1.67. The molecule has 2 heterocycles. The molecule has 0 N–H and O–H groups in total. The minimum absolute atomic E-state index is 0.0853. The highest BCUT2D eigenvalue weighted by Gasteiger charge is 2.49. The maximum absolute atomic E-state index is 8.65. The number of rotatable bonds is 0. The number of fused-ring (bicyclic) bond motifs is 2. The van der Waals surface area contributed by atoms with Crippen LogP contribution in [0.3, 0.4) is 0 Å². The van der Waals surface area contributed by atoms with Crippen molar-refractivity contribution in [2.24, 2.45) is 0 Å². The van der Waals surface area contributed by atoms with Gasteiger partial charge in [-0.05, 0) is 0 Å². The van der Waals surface area contributed by atoms with Crippen LogP contribution in [0.2, 0.25) is 0 Å². The summed E-state index contributed by atoms with van der Waals surface area (Å²) in [7, 11) is 0. The smallest absolute Gasteiger partial charge is 0.163 e. The summed E-state index contributed by atoms with van der Waals surface area (Å²) >= 11 is 5.91. The molecule has 52 valence electrons. The third-order valence-corrected chi connectivity index (χ3v) is 2.41. The second-order valence-corrected chi connectivity index (χ2v) is 3.33. The van der Waals surface area contributed by atoms with Crippen molar-refractivity contribution in [3.8, 4) is 6.07 Å². The summed E-state index contributed by atoms with van der Waals surface area (Å²) in [5.41, 5.74) is 0. The number of nitriles is 1. The lowest BCUT2D eigenvalue weighted by Crippen LogP contribution is -2.29. The minimum Gasteiger partial charge on any atom is -0.364 e. The quantitative estimate of drug-likeness (QED) is 0.389. The van der Waals surface area contributed by atoms with Gasteiger partial charge in [-0.15, -0.1) is 0 Å². The zero-order chi connectivity index (χ0) is 7.19. The van der Waals surface area contributed by atoms with Crippen molar-refractivity contribution < 1.29 is 4.74 Å². The number of ether oxygens (including phenoxy) is 1. The van der Waals surface area contributed by atoms with Crippen LogP contribution in [0.4, 0.5) is 0 Å². The Kier molecular flexibility index (Phi) is 1.08. The molecule has 1 fully saturated rings. The van der Waals surface area contributed by atoms with Gasteiger partial charge in [-0.25, -0.2) is 0 Å². The van der Waals surface area contributed by atoms with Crippen LogP contribution in [0.25, 0.3) is 0 Å². The van der Waals surface area contributed by atoms with Gasteiger partial charge < -0.3 is 4.74 Å². The Morgan fingerprint density at radius 2 is 2.50 bits per heavy atom. The van der Waals surface area contributed by atoms with Gasteiger partial charge >= 0.3 is 0 Å². The van der Waals surface area contributed by atoms with E-state index in [0.717, 1.165) is 0 Å². The van der Waals surface area contributed by atoms with Gasteiger partial charge in [0, 0.05) is 6.42 Å². The van der Waals surface area contributed by atoms with Crippen LogP contribution >= 0.6 is 11.6 Å². The highest BCUT2D eigenvalue weighted by atomic mass is 35.5. The normalized spacial score (nSPS) is 49.6. The van der Waals surface area contributed by atoms with E-state index in [1.807, 2.05) is 12.2 Å². The van der Waals surface area contributed by atoms with Crippen molar-refractivity contribution in [3.63, 3.8) is 0 Å². The van der Waals surface area contributed by atoms with E-state index >= 15 is 0 Å². The molecule has 2 rings (SSSR count). The van der Waals surface area contributed by atoms with Crippen molar-refractivity contribution in [2.75, 3.05) is 0 Å². The molecule has 0 amide bonds. The van der Waals surface area contributed by atoms with Gasteiger partial charge in [-0.2, -0.15) is 5.26 Å². The molecule has 0 aromatic heterocycles. The largest absolute Gasteiger partial charge is 0.364 e. The Hall–Kier alpha value is -0.520. The number of hydrogen-bond donors (Lipinski definition) is 0. The lowest BCUT2D eigenvalue weighted by Gasteiger charge is -2.15. The molecule has 3 heteroatoms. The second-order valence-electron chi connectivity index (χ2n) is 2.66. The van der Waals surface area contributed by atoms with Crippen LogP contribution in [0.5, 0.6) is 0 Å². The number of nitrogens with zero attached hydrogens (tertiary/aromatic N) is 1. The molecule has 0 aliphatic carbocycles. The highest BCUT2D eigenvalue weighted by molar-refractivity contribution is 6.26. The molecular formula is C7H6ClNO. The van der Waals surface area contributed by atoms with Crippen molar-refractivity contribution >= 4 is 11.6 Å². The van der Waals surface area contributed by atoms with Crippen LogP contribution in [0.15, 0.2) is 12.2 Å². The van der Waals surface area contributed by atoms with Crippen molar-refractivity contribution in [1.29, 1.82) is 5.26 Å². The first-order valence-electron chi connectivity index (χ1n) is 3.18. The second kappa shape index (κ2) is 1.75. The Labute approximate surface area is 64.0 Å². The summed E-state index contributed by atoms with van der Waals surface area (Å²) in [5, 5.41) is 8.65. The molecular weight excluding hydrogens is 150 g/mol. The lowest BCUT2D eigenvalue weighted by atomic mass is 9.95. The molecule has 0 aromatic carbocycles. The van der Waals surface area contributed by atoms with E-state index in [9.17, 15) is 0 Å². The van der Waals surface area contributed by atoms with Crippen LogP contribution in [0.1, 0.15) is 6.42 Å². The first kappa shape index (κ1) is 6.21. The standard InChI is InChI=1S/C7H6ClNO/c8-7(4-9)3-5-1-2-6(7)10-5/h1-2,5-6H,3H2/t5-,6+,7?/m0/s1. The van der Waals surface area contributed by atoms with Gasteiger partial charge in [-0.3, -0.25) is 0 Å². The molecule has 0 radical (unpaired) electrons. The summed E-state index contributed by atoms with van der Waals surface area (Å²) < 4.78 is 5.31. The van der Waals surface area contributed by atoms with Gasteiger partial charge in [0.25, 0.3) is 0 Å². The average Bonchev–Trinajstić information content (AvgIpc) is 2.46. The molecule has 2 aliphatic heterocycles. The first-order valence-corrected chi connectivity index (χ1v) is 3.56. The van der Waals surface area contributed by atoms with E-state index < -0.39 is 4.87 Å². The van der Waals surface area contributed by atoms with E-state index in [4.69, 9.17) is 21.6 Å². The number of halogens is 1. The monoisotopic (exact) mass is 155 g/mol. The summed E-state index contributed by atoms with van der Waals surface area (Å²) in [6.45, 7) is 0. The van der Waals surface area contributed by atoms with Crippen LogP contribution < -0.4 is 0 Å². The van der Waals surface area contributed by atoms with Gasteiger partial charge in [0.1, 0.15) is 6.10 Å². The summed E-state index contributed by atoms with van der Waals surface area (Å²) in [6, 6.07) is 2.06. The predicted octanol–water partition coefficient (Wildman–Crippen LogP) is 1.21. The minimum atomic E-state index is -0.778. The maximum atomic E-state index is 8.65. The first-order chi connectivity index (χ1) is 4.74. The number of hydrogen-bond acceptors (Lipinski definition) is 2. The fourth-order valence-electron chi connectivity index (χ4n) is 1.40. The van der Waals surface area contributed by atoms with Gasteiger partial charge in [0.2, 0.25) is 0 Å². The molecule has 0 saturated carbocycles. The Morgan fingerprint density at radius 3 is 2.80 bits per heavy atom. The van der Waals surface area contributed by atoms with Gasteiger partial charge in [0.05, 0.1) is 12.2 Å².